The van der Waals surface area contributed by atoms with Gasteiger partial charge < -0.3 is 14.6 Å². The molecule has 0 spiro atoms. The van der Waals surface area contributed by atoms with Crippen LogP contribution in [0.5, 0.6) is 5.75 Å². The zero-order valence-corrected chi connectivity index (χ0v) is 12.6. The van der Waals surface area contributed by atoms with Gasteiger partial charge in [0.25, 0.3) is 0 Å². The minimum atomic E-state index is 0.239. The predicted molar refractivity (Wildman–Crippen MR) is 77.1 cm³/mol. The molecule has 1 unspecified atom stereocenters. The molecule has 1 aromatic heterocycles. The van der Waals surface area contributed by atoms with Crippen LogP contribution in [0.15, 0.2) is 39.5 Å². The maximum absolute atomic E-state index is 5.83. The zero-order chi connectivity index (χ0) is 13.7. The van der Waals surface area contributed by atoms with Gasteiger partial charge in [-0.15, -0.1) is 0 Å². The second kappa shape index (κ2) is 6.73. The van der Waals surface area contributed by atoms with Crippen LogP contribution < -0.4 is 10.1 Å². The Kier molecular flexibility index (Phi) is 4.99. The Hall–Kier alpha value is -1.33. The van der Waals surface area contributed by atoms with Crippen LogP contribution in [0.1, 0.15) is 31.2 Å². The van der Waals surface area contributed by atoms with E-state index in [1.54, 1.807) is 12.3 Å². The van der Waals surface area contributed by atoms with Crippen LogP contribution >= 0.6 is 15.9 Å². The van der Waals surface area contributed by atoms with E-state index in [0.29, 0.717) is 12.4 Å². The van der Waals surface area contributed by atoms with Crippen LogP contribution in [0, 0.1) is 0 Å². The fourth-order valence-corrected chi connectivity index (χ4v) is 2.21. The molecule has 0 saturated heterocycles. The summed E-state index contributed by atoms with van der Waals surface area (Å²) in [6.07, 6.45) is 1.61. The first kappa shape index (κ1) is 14.1. The number of hydrogen-bond donors (Lipinski definition) is 1. The third-order valence-corrected chi connectivity index (χ3v) is 3.31. The van der Waals surface area contributed by atoms with Gasteiger partial charge in [-0.05, 0) is 25.6 Å². The Bertz CT molecular complexity index is 514. The summed E-state index contributed by atoms with van der Waals surface area (Å²) in [5.74, 6) is 1.56. The lowest BCUT2D eigenvalue weighted by atomic mass is 10.1. The summed E-state index contributed by atoms with van der Waals surface area (Å²) in [5, 5.41) is 7.05. The lowest BCUT2D eigenvalue weighted by Crippen LogP contribution is -2.18. The maximum atomic E-state index is 5.83. The van der Waals surface area contributed by atoms with Gasteiger partial charge in [-0.1, -0.05) is 34.1 Å². The summed E-state index contributed by atoms with van der Waals surface area (Å²) in [5.41, 5.74) is 1.13. The van der Waals surface area contributed by atoms with Crippen LogP contribution in [-0.4, -0.2) is 11.7 Å². The van der Waals surface area contributed by atoms with Crippen molar-refractivity contribution in [3.05, 3.63) is 46.3 Å². The summed E-state index contributed by atoms with van der Waals surface area (Å²) in [4.78, 5) is 0. The van der Waals surface area contributed by atoms with Crippen LogP contribution in [-0.2, 0) is 6.61 Å². The third kappa shape index (κ3) is 3.81. The normalized spacial score (nSPS) is 12.4. The summed E-state index contributed by atoms with van der Waals surface area (Å²) in [6, 6.07) is 8.09. The molecule has 5 heteroatoms. The monoisotopic (exact) mass is 324 g/mol. The first-order chi connectivity index (χ1) is 9.20. The van der Waals surface area contributed by atoms with Crippen molar-refractivity contribution in [2.24, 2.45) is 0 Å². The Morgan fingerprint density at radius 2 is 2.26 bits per heavy atom. The van der Waals surface area contributed by atoms with Gasteiger partial charge in [-0.3, -0.25) is 0 Å². The fraction of sp³-hybridized carbons (Fsp3) is 0.357. The maximum Gasteiger partial charge on any atom is 0.174 e. The molecule has 2 rings (SSSR count). The molecule has 0 fully saturated rings. The second-order valence-electron chi connectivity index (χ2n) is 4.23. The average Bonchev–Trinajstić information content (AvgIpc) is 2.89. The van der Waals surface area contributed by atoms with Gasteiger partial charge in [-0.2, -0.15) is 0 Å². The fourth-order valence-electron chi connectivity index (χ4n) is 1.87. The van der Waals surface area contributed by atoms with E-state index in [2.05, 4.69) is 46.3 Å². The predicted octanol–water partition coefficient (Wildman–Crippen LogP) is 3.69. The number of benzene rings is 1. The molecule has 0 saturated carbocycles. The molecule has 1 atom stereocenters. The van der Waals surface area contributed by atoms with Gasteiger partial charge >= 0.3 is 0 Å². The molecule has 0 aliphatic rings. The summed E-state index contributed by atoms with van der Waals surface area (Å²) in [6.45, 7) is 5.50. The first-order valence-corrected chi connectivity index (χ1v) is 7.05. The highest BCUT2D eigenvalue weighted by Crippen LogP contribution is 2.29. The Morgan fingerprint density at radius 3 is 2.95 bits per heavy atom. The number of aromatic nitrogens is 1. The SMILES string of the molecule is CCNC(C)c1ccc(Br)cc1OCc1ccno1. The first-order valence-electron chi connectivity index (χ1n) is 6.26. The van der Waals surface area contributed by atoms with Crippen molar-refractivity contribution < 1.29 is 9.26 Å². The van der Waals surface area contributed by atoms with Gasteiger partial charge in [0, 0.05) is 22.1 Å². The van der Waals surface area contributed by atoms with Crippen molar-refractivity contribution in [3.8, 4) is 5.75 Å². The van der Waals surface area contributed by atoms with E-state index < -0.39 is 0 Å². The number of hydrogen-bond acceptors (Lipinski definition) is 4. The van der Waals surface area contributed by atoms with Crippen molar-refractivity contribution in [1.82, 2.24) is 10.5 Å². The van der Waals surface area contributed by atoms with E-state index in [-0.39, 0.29) is 6.04 Å². The molecule has 0 bridgehead atoms. The molecule has 0 amide bonds. The number of nitrogens with one attached hydrogen (secondary N) is 1. The lowest BCUT2D eigenvalue weighted by molar-refractivity contribution is 0.246. The number of rotatable bonds is 6. The minimum Gasteiger partial charge on any atom is -0.485 e. The highest BCUT2D eigenvalue weighted by Gasteiger charge is 2.12. The van der Waals surface area contributed by atoms with Gasteiger partial charge in [-0.25, -0.2) is 0 Å². The van der Waals surface area contributed by atoms with Gasteiger partial charge in [0.1, 0.15) is 12.4 Å². The molecule has 0 aliphatic carbocycles. The molecule has 0 aliphatic heterocycles. The summed E-state index contributed by atoms with van der Waals surface area (Å²) < 4.78 is 11.9. The molecule has 1 heterocycles. The van der Waals surface area contributed by atoms with Crippen LogP contribution in [0.25, 0.3) is 0 Å². The highest BCUT2D eigenvalue weighted by molar-refractivity contribution is 9.10. The number of ether oxygens (including phenoxy) is 1. The van der Waals surface area contributed by atoms with E-state index in [9.17, 15) is 0 Å². The minimum absolute atomic E-state index is 0.239. The zero-order valence-electron chi connectivity index (χ0n) is 11.0. The van der Waals surface area contributed by atoms with Gasteiger partial charge in [0.05, 0.1) is 6.20 Å². The van der Waals surface area contributed by atoms with Crippen molar-refractivity contribution in [2.45, 2.75) is 26.5 Å². The largest absolute Gasteiger partial charge is 0.485 e. The van der Waals surface area contributed by atoms with Crippen LogP contribution in [0.4, 0.5) is 0 Å². The Labute approximate surface area is 121 Å². The molecule has 102 valence electrons. The van der Waals surface area contributed by atoms with E-state index >= 15 is 0 Å². The molecule has 2 aromatic rings. The summed E-state index contributed by atoms with van der Waals surface area (Å²) >= 11 is 3.47. The Balaban J connectivity index is 2.14. The topological polar surface area (TPSA) is 47.3 Å². The molecule has 19 heavy (non-hydrogen) atoms. The smallest absolute Gasteiger partial charge is 0.174 e. The van der Waals surface area contributed by atoms with Crippen molar-refractivity contribution >= 4 is 15.9 Å². The Morgan fingerprint density at radius 1 is 1.42 bits per heavy atom. The lowest BCUT2D eigenvalue weighted by Gasteiger charge is -2.17. The van der Waals surface area contributed by atoms with Crippen molar-refractivity contribution in [1.29, 1.82) is 0 Å². The number of nitrogens with zero attached hydrogens (tertiary/aromatic N) is 1. The molecular formula is C14H17BrN2O2. The van der Waals surface area contributed by atoms with Crippen molar-refractivity contribution in [3.63, 3.8) is 0 Å². The molecule has 1 N–H and O–H groups in total. The standard InChI is InChI=1S/C14H17BrN2O2/c1-3-16-10(2)13-5-4-11(15)8-14(13)18-9-12-6-7-17-19-12/h4-8,10,16H,3,9H2,1-2H3. The second-order valence-corrected chi connectivity index (χ2v) is 5.14. The average molecular weight is 325 g/mol. The molecule has 4 nitrogen and oxygen atoms in total. The number of halogens is 1. The van der Waals surface area contributed by atoms with Crippen LogP contribution in [0.2, 0.25) is 0 Å². The van der Waals surface area contributed by atoms with E-state index in [1.807, 2.05) is 12.1 Å². The van der Waals surface area contributed by atoms with Gasteiger partial charge in [0.2, 0.25) is 0 Å². The quantitative estimate of drug-likeness (QED) is 0.880. The van der Waals surface area contributed by atoms with E-state index in [1.165, 1.54) is 0 Å². The van der Waals surface area contributed by atoms with E-state index in [4.69, 9.17) is 9.26 Å². The van der Waals surface area contributed by atoms with Gasteiger partial charge in [0.15, 0.2) is 5.76 Å². The van der Waals surface area contributed by atoms with Crippen LogP contribution in [0.3, 0.4) is 0 Å². The molecule has 1 aromatic carbocycles. The van der Waals surface area contributed by atoms with E-state index in [0.717, 1.165) is 22.3 Å². The summed E-state index contributed by atoms with van der Waals surface area (Å²) in [7, 11) is 0. The molecular weight excluding hydrogens is 308 g/mol. The highest BCUT2D eigenvalue weighted by atomic mass is 79.9. The third-order valence-electron chi connectivity index (χ3n) is 2.81. The van der Waals surface area contributed by atoms with Crippen molar-refractivity contribution in [2.75, 3.05) is 6.54 Å². The molecule has 0 radical (unpaired) electrons.